The van der Waals surface area contributed by atoms with Crippen LogP contribution in [0, 0.1) is 17.0 Å². The zero-order valence-electron chi connectivity index (χ0n) is 21.3. The van der Waals surface area contributed by atoms with E-state index in [0.29, 0.717) is 23.3 Å². The van der Waals surface area contributed by atoms with Crippen LogP contribution in [0.5, 0.6) is 0 Å². The first-order valence-corrected chi connectivity index (χ1v) is 13.2. The smallest absolute Gasteiger partial charge is 0.282 e. The van der Waals surface area contributed by atoms with E-state index >= 15 is 0 Å². The molecule has 5 rings (SSSR count). The van der Waals surface area contributed by atoms with Gasteiger partial charge in [-0.3, -0.25) is 14.9 Å². The number of non-ortho nitro benzene ring substituents is 1. The fourth-order valence-electron chi connectivity index (χ4n) is 4.67. The van der Waals surface area contributed by atoms with Crippen molar-refractivity contribution < 1.29 is 4.92 Å². The number of benzene rings is 3. The number of halogens is 1. The first kappa shape index (κ1) is 25.5. The lowest BCUT2D eigenvalue weighted by molar-refractivity contribution is -0.384. The van der Waals surface area contributed by atoms with Gasteiger partial charge in [0.25, 0.3) is 11.2 Å². The quantitative estimate of drug-likeness (QED) is 0.122. The van der Waals surface area contributed by atoms with E-state index in [1.165, 1.54) is 10.7 Å². The molecule has 0 aliphatic heterocycles. The van der Waals surface area contributed by atoms with Crippen molar-refractivity contribution in [2.24, 2.45) is 5.10 Å². The summed E-state index contributed by atoms with van der Waals surface area (Å²) in [5.41, 5.74) is 4.11. The van der Waals surface area contributed by atoms with Gasteiger partial charge in [0.05, 0.1) is 22.0 Å². The highest BCUT2D eigenvalue weighted by molar-refractivity contribution is 9.10. The number of fused-ring (bicyclic) bond motifs is 2. The number of hydrogen-bond acceptors (Lipinski definition) is 5. The Balaban J connectivity index is 1.65. The average molecular weight is 572 g/mol. The minimum atomic E-state index is -0.384. The second kappa shape index (κ2) is 10.3. The van der Waals surface area contributed by atoms with E-state index in [0.717, 1.165) is 38.6 Å². The summed E-state index contributed by atoms with van der Waals surface area (Å²) >= 11 is 3.45. The Hall–Kier alpha value is -4.11. The van der Waals surface area contributed by atoms with Gasteiger partial charge in [-0.15, -0.1) is 0 Å². The molecule has 0 amide bonds. The van der Waals surface area contributed by atoms with Gasteiger partial charge in [-0.1, -0.05) is 60.1 Å². The summed E-state index contributed by atoms with van der Waals surface area (Å²) in [5.74, 6) is 0.644. The molecule has 2 heterocycles. The van der Waals surface area contributed by atoms with Crippen LogP contribution in [0.4, 0.5) is 5.69 Å². The van der Waals surface area contributed by atoms with Crippen LogP contribution >= 0.6 is 15.9 Å². The Morgan fingerprint density at radius 1 is 1.11 bits per heavy atom. The number of nitrogens with zero attached hydrogens (tertiary/aromatic N) is 5. The molecule has 3 aromatic carbocycles. The Morgan fingerprint density at radius 3 is 2.66 bits per heavy atom. The van der Waals surface area contributed by atoms with Crippen LogP contribution in [0.1, 0.15) is 48.8 Å². The molecule has 0 aliphatic rings. The van der Waals surface area contributed by atoms with Crippen molar-refractivity contribution in [1.29, 1.82) is 0 Å². The Bertz CT molecular complexity index is 1790. The number of aromatic nitrogens is 3. The summed E-state index contributed by atoms with van der Waals surface area (Å²) in [6.07, 6.45) is 2.53. The molecule has 9 heteroatoms. The normalized spacial score (nSPS) is 12.5. The van der Waals surface area contributed by atoms with E-state index in [1.807, 2.05) is 56.3 Å². The zero-order chi connectivity index (χ0) is 27.0. The van der Waals surface area contributed by atoms with Crippen molar-refractivity contribution in [1.82, 2.24) is 14.2 Å². The van der Waals surface area contributed by atoms with Gasteiger partial charge in [-0.25, -0.2) is 4.98 Å². The monoisotopic (exact) mass is 571 g/mol. The molecule has 0 fully saturated rings. The lowest BCUT2D eigenvalue weighted by Crippen LogP contribution is -2.23. The standard InChI is InChI=1S/C29H26BrN5O3/c1-4-18(2)28-32-26-13-12-21(30)15-24(26)29(36)34(28)31-16-25-19(3)33(27-11-6-5-10-23(25)27)17-20-8-7-9-22(14-20)35(37)38/h5-16,18H,4,17H2,1-3H3/t18-/m1/s1. The van der Waals surface area contributed by atoms with E-state index < -0.39 is 0 Å². The summed E-state index contributed by atoms with van der Waals surface area (Å²) in [6.45, 7) is 6.55. The van der Waals surface area contributed by atoms with E-state index in [4.69, 9.17) is 10.1 Å². The second-order valence-corrected chi connectivity index (χ2v) is 10.2. The van der Waals surface area contributed by atoms with E-state index in [2.05, 4.69) is 27.4 Å². The SMILES string of the molecule is CC[C@@H](C)c1nc2ccc(Br)cc2c(=O)n1N=Cc1c(C)n(Cc2cccc([N+](=O)[O-])c2)c2ccccc12. The van der Waals surface area contributed by atoms with Crippen molar-refractivity contribution in [3.63, 3.8) is 0 Å². The van der Waals surface area contributed by atoms with Gasteiger partial charge < -0.3 is 4.57 Å². The highest BCUT2D eigenvalue weighted by Crippen LogP contribution is 2.27. The van der Waals surface area contributed by atoms with Crippen molar-refractivity contribution >= 4 is 49.6 Å². The second-order valence-electron chi connectivity index (χ2n) is 9.33. The number of rotatable bonds is 7. The summed E-state index contributed by atoms with van der Waals surface area (Å²) < 4.78 is 4.33. The van der Waals surface area contributed by atoms with Crippen molar-refractivity contribution in [3.05, 3.63) is 114 Å². The molecule has 0 radical (unpaired) electrons. The van der Waals surface area contributed by atoms with Crippen molar-refractivity contribution in [3.8, 4) is 0 Å². The van der Waals surface area contributed by atoms with Gasteiger partial charge in [-0.2, -0.15) is 9.78 Å². The summed E-state index contributed by atoms with van der Waals surface area (Å²) in [5, 5.41) is 17.4. The predicted octanol–water partition coefficient (Wildman–Crippen LogP) is 6.77. The first-order chi connectivity index (χ1) is 18.3. The highest BCUT2D eigenvalue weighted by Gasteiger charge is 2.17. The Labute approximate surface area is 227 Å². The largest absolute Gasteiger partial charge is 0.340 e. The van der Waals surface area contributed by atoms with Crippen LogP contribution in [0.25, 0.3) is 21.8 Å². The van der Waals surface area contributed by atoms with Crippen LogP contribution in [-0.2, 0) is 6.54 Å². The fourth-order valence-corrected chi connectivity index (χ4v) is 5.03. The summed E-state index contributed by atoms with van der Waals surface area (Å²) in [7, 11) is 0. The molecule has 8 nitrogen and oxygen atoms in total. The molecule has 0 spiro atoms. The van der Waals surface area contributed by atoms with E-state index in [1.54, 1.807) is 24.4 Å². The topological polar surface area (TPSA) is 95.3 Å². The van der Waals surface area contributed by atoms with E-state index in [-0.39, 0.29) is 22.1 Å². The predicted molar refractivity (Wildman–Crippen MR) is 154 cm³/mol. The Kier molecular flexibility index (Phi) is 6.94. The Morgan fingerprint density at radius 2 is 1.89 bits per heavy atom. The maximum Gasteiger partial charge on any atom is 0.282 e. The molecule has 5 aromatic rings. The molecular weight excluding hydrogens is 546 g/mol. The molecule has 1 atom stereocenters. The first-order valence-electron chi connectivity index (χ1n) is 12.4. The lowest BCUT2D eigenvalue weighted by Gasteiger charge is -2.14. The number of nitro benzene ring substituents is 1. The molecule has 38 heavy (non-hydrogen) atoms. The third kappa shape index (κ3) is 4.65. The minimum Gasteiger partial charge on any atom is -0.340 e. The van der Waals surface area contributed by atoms with Crippen molar-refractivity contribution in [2.45, 2.75) is 39.7 Å². The highest BCUT2D eigenvalue weighted by atomic mass is 79.9. The van der Waals surface area contributed by atoms with Crippen LogP contribution in [-0.4, -0.2) is 25.4 Å². The van der Waals surface area contributed by atoms with Gasteiger partial charge in [0, 0.05) is 51.2 Å². The maximum atomic E-state index is 13.6. The lowest BCUT2D eigenvalue weighted by atomic mass is 10.1. The van der Waals surface area contributed by atoms with Crippen LogP contribution in [0.3, 0.4) is 0 Å². The van der Waals surface area contributed by atoms with Crippen LogP contribution in [0.2, 0.25) is 0 Å². The molecule has 0 aliphatic carbocycles. The minimum absolute atomic E-state index is 0.0317. The number of nitro groups is 1. The molecule has 0 saturated heterocycles. The molecule has 0 unspecified atom stereocenters. The van der Waals surface area contributed by atoms with Gasteiger partial charge >= 0.3 is 0 Å². The molecule has 2 aromatic heterocycles. The van der Waals surface area contributed by atoms with Crippen LogP contribution < -0.4 is 5.56 Å². The maximum absolute atomic E-state index is 13.6. The van der Waals surface area contributed by atoms with E-state index in [9.17, 15) is 14.9 Å². The van der Waals surface area contributed by atoms with Gasteiger partial charge in [0.15, 0.2) is 0 Å². The van der Waals surface area contributed by atoms with Crippen molar-refractivity contribution in [2.75, 3.05) is 0 Å². The van der Waals surface area contributed by atoms with Gasteiger partial charge in [0.1, 0.15) is 5.82 Å². The molecule has 192 valence electrons. The molecule has 0 N–H and O–H groups in total. The third-order valence-electron chi connectivity index (χ3n) is 6.93. The summed E-state index contributed by atoms with van der Waals surface area (Å²) in [6, 6.07) is 20.1. The number of para-hydroxylation sites is 1. The van der Waals surface area contributed by atoms with Gasteiger partial charge in [0.2, 0.25) is 0 Å². The van der Waals surface area contributed by atoms with Gasteiger partial charge in [-0.05, 0) is 43.2 Å². The van der Waals surface area contributed by atoms with Crippen LogP contribution in [0.15, 0.2) is 81.1 Å². The number of hydrogen-bond donors (Lipinski definition) is 0. The molecule has 0 bridgehead atoms. The summed E-state index contributed by atoms with van der Waals surface area (Å²) in [4.78, 5) is 29.2. The molecule has 0 saturated carbocycles. The third-order valence-corrected chi connectivity index (χ3v) is 7.42. The average Bonchev–Trinajstić information content (AvgIpc) is 3.18. The zero-order valence-corrected chi connectivity index (χ0v) is 22.8. The molecular formula is C29H26BrN5O3. The fraction of sp³-hybridized carbons (Fsp3) is 0.207.